The molecule has 118 valence electrons. The molecule has 0 aliphatic rings. The zero-order valence-corrected chi connectivity index (χ0v) is 11.7. The van der Waals surface area contributed by atoms with E-state index in [1.54, 1.807) is 0 Å². The second-order valence-electron chi connectivity index (χ2n) is 4.11. The molecule has 0 aliphatic carbocycles. The van der Waals surface area contributed by atoms with Crippen molar-refractivity contribution in [1.82, 2.24) is 15.0 Å². The lowest BCUT2D eigenvalue weighted by Crippen LogP contribution is -2.18. The summed E-state index contributed by atoms with van der Waals surface area (Å²) in [4.78, 5) is 11.6. The molecule has 6 nitrogen and oxygen atoms in total. The quantitative estimate of drug-likeness (QED) is 0.811. The number of ether oxygens (including phenoxy) is 2. The molecule has 0 bridgehead atoms. The molecule has 22 heavy (non-hydrogen) atoms. The summed E-state index contributed by atoms with van der Waals surface area (Å²) < 4.78 is 49.8. The Kier molecular flexibility index (Phi) is 4.34. The minimum Gasteiger partial charge on any atom is -0.497 e. The highest BCUT2D eigenvalue weighted by atomic mass is 19.4. The van der Waals surface area contributed by atoms with Gasteiger partial charge in [0.15, 0.2) is 5.69 Å². The molecule has 0 unspecified atom stereocenters. The predicted molar refractivity (Wildman–Crippen MR) is 68.9 cm³/mol. The summed E-state index contributed by atoms with van der Waals surface area (Å²) in [5, 5.41) is 6.72. The van der Waals surface area contributed by atoms with Crippen LogP contribution < -0.4 is 4.74 Å². The molecule has 1 aromatic heterocycles. The third-order valence-corrected chi connectivity index (χ3v) is 2.72. The van der Waals surface area contributed by atoms with E-state index in [9.17, 15) is 18.0 Å². The maximum absolute atomic E-state index is 13.2. The fourth-order valence-corrected chi connectivity index (χ4v) is 1.78. The number of nitrogens with zero attached hydrogens (tertiary/aromatic N) is 3. The SMILES string of the molecule is CCOC(=O)c1nnn(-c2ccc(OC)cc2)c1C(F)(F)F. The van der Waals surface area contributed by atoms with E-state index in [1.807, 2.05) is 0 Å². The van der Waals surface area contributed by atoms with Crippen molar-refractivity contribution in [2.45, 2.75) is 13.1 Å². The molecule has 2 aromatic rings. The Morgan fingerprint density at radius 1 is 1.27 bits per heavy atom. The van der Waals surface area contributed by atoms with Gasteiger partial charge in [-0.1, -0.05) is 5.21 Å². The molecule has 0 amide bonds. The lowest BCUT2D eigenvalue weighted by molar-refractivity contribution is -0.143. The van der Waals surface area contributed by atoms with Crippen LogP contribution in [0.5, 0.6) is 5.75 Å². The van der Waals surface area contributed by atoms with Crippen LogP contribution in [0.3, 0.4) is 0 Å². The Balaban J connectivity index is 2.53. The molecular weight excluding hydrogens is 303 g/mol. The van der Waals surface area contributed by atoms with Gasteiger partial charge in [-0.2, -0.15) is 13.2 Å². The van der Waals surface area contributed by atoms with Crippen LogP contribution in [0.15, 0.2) is 24.3 Å². The van der Waals surface area contributed by atoms with E-state index >= 15 is 0 Å². The number of alkyl halides is 3. The number of aromatic nitrogens is 3. The van der Waals surface area contributed by atoms with Crippen LogP contribution in [0.4, 0.5) is 13.2 Å². The Labute approximate surface area is 123 Å². The normalized spacial score (nSPS) is 11.3. The van der Waals surface area contributed by atoms with Crippen LogP contribution in [0.2, 0.25) is 0 Å². The van der Waals surface area contributed by atoms with Crippen molar-refractivity contribution in [3.8, 4) is 11.4 Å². The smallest absolute Gasteiger partial charge is 0.436 e. The van der Waals surface area contributed by atoms with E-state index in [0.717, 1.165) is 0 Å². The van der Waals surface area contributed by atoms with Crippen molar-refractivity contribution < 1.29 is 27.4 Å². The highest BCUT2D eigenvalue weighted by Gasteiger charge is 2.42. The number of carbonyl (C=O) groups is 1. The molecule has 1 aromatic carbocycles. The summed E-state index contributed by atoms with van der Waals surface area (Å²) in [6, 6.07) is 5.69. The van der Waals surface area contributed by atoms with Crippen LogP contribution in [-0.4, -0.2) is 34.7 Å². The molecule has 0 radical (unpaired) electrons. The number of benzene rings is 1. The van der Waals surface area contributed by atoms with Crippen molar-refractivity contribution in [1.29, 1.82) is 0 Å². The van der Waals surface area contributed by atoms with Gasteiger partial charge in [-0.3, -0.25) is 0 Å². The van der Waals surface area contributed by atoms with Gasteiger partial charge in [0.25, 0.3) is 0 Å². The maximum Gasteiger partial charge on any atom is 0.436 e. The number of halogens is 3. The largest absolute Gasteiger partial charge is 0.497 e. The standard InChI is InChI=1S/C13H12F3N3O3/c1-3-22-12(20)10-11(13(14,15)16)19(18-17-10)8-4-6-9(21-2)7-5-8/h4-7H,3H2,1-2H3. The number of hydrogen-bond donors (Lipinski definition) is 0. The van der Waals surface area contributed by atoms with Crippen LogP contribution in [0.25, 0.3) is 5.69 Å². The van der Waals surface area contributed by atoms with Gasteiger partial charge < -0.3 is 9.47 Å². The Hall–Kier alpha value is -2.58. The Morgan fingerprint density at radius 3 is 2.41 bits per heavy atom. The fourth-order valence-electron chi connectivity index (χ4n) is 1.78. The van der Waals surface area contributed by atoms with Gasteiger partial charge >= 0.3 is 12.1 Å². The summed E-state index contributed by atoms with van der Waals surface area (Å²) in [6.07, 6.45) is -4.81. The number of methoxy groups -OCH3 is 1. The summed E-state index contributed by atoms with van der Waals surface area (Å²) in [7, 11) is 1.43. The van der Waals surface area contributed by atoms with Crippen molar-refractivity contribution in [3.05, 3.63) is 35.7 Å². The number of esters is 1. The first-order valence-corrected chi connectivity index (χ1v) is 6.23. The average Bonchev–Trinajstić information content (AvgIpc) is 2.92. The first-order chi connectivity index (χ1) is 10.4. The Morgan fingerprint density at radius 2 is 1.91 bits per heavy atom. The molecule has 2 rings (SSSR count). The summed E-state index contributed by atoms with van der Waals surface area (Å²) >= 11 is 0. The fraction of sp³-hybridized carbons (Fsp3) is 0.308. The Bertz CT molecular complexity index is 665. The zero-order chi connectivity index (χ0) is 16.3. The van der Waals surface area contributed by atoms with E-state index < -0.39 is 23.5 Å². The lowest BCUT2D eigenvalue weighted by atomic mass is 10.2. The van der Waals surface area contributed by atoms with Gasteiger partial charge in [0.05, 0.1) is 19.4 Å². The molecule has 9 heteroatoms. The summed E-state index contributed by atoms with van der Waals surface area (Å²) in [6.45, 7) is 1.42. The minimum absolute atomic E-state index is 0.0640. The molecule has 0 aliphatic heterocycles. The lowest BCUT2D eigenvalue weighted by Gasteiger charge is -2.11. The van der Waals surface area contributed by atoms with E-state index in [0.29, 0.717) is 10.4 Å². The summed E-state index contributed by atoms with van der Waals surface area (Å²) in [5.41, 5.74) is -2.06. The maximum atomic E-state index is 13.2. The highest BCUT2D eigenvalue weighted by Crippen LogP contribution is 2.33. The van der Waals surface area contributed by atoms with Crippen molar-refractivity contribution in [2.24, 2.45) is 0 Å². The number of rotatable bonds is 4. The van der Waals surface area contributed by atoms with Gasteiger partial charge in [0.1, 0.15) is 5.75 Å². The first-order valence-electron chi connectivity index (χ1n) is 6.23. The molecule has 0 spiro atoms. The van der Waals surface area contributed by atoms with Crippen molar-refractivity contribution >= 4 is 5.97 Å². The van der Waals surface area contributed by atoms with Crippen LogP contribution in [0, 0.1) is 0 Å². The van der Waals surface area contributed by atoms with Crippen LogP contribution in [0.1, 0.15) is 23.1 Å². The first kappa shape index (κ1) is 15.8. The third-order valence-electron chi connectivity index (χ3n) is 2.72. The van der Waals surface area contributed by atoms with Crippen LogP contribution in [-0.2, 0) is 10.9 Å². The molecule has 0 saturated carbocycles. The van der Waals surface area contributed by atoms with Gasteiger partial charge in [-0.05, 0) is 31.2 Å². The molecule has 0 fully saturated rings. The van der Waals surface area contributed by atoms with Gasteiger partial charge in [-0.15, -0.1) is 5.10 Å². The van der Waals surface area contributed by atoms with Crippen molar-refractivity contribution in [3.63, 3.8) is 0 Å². The number of carbonyl (C=O) groups excluding carboxylic acids is 1. The number of hydrogen-bond acceptors (Lipinski definition) is 5. The molecule has 0 saturated heterocycles. The molecule has 0 N–H and O–H groups in total. The topological polar surface area (TPSA) is 66.2 Å². The third kappa shape index (κ3) is 3.02. The van der Waals surface area contributed by atoms with E-state index in [4.69, 9.17) is 4.74 Å². The summed E-state index contributed by atoms with van der Waals surface area (Å²) in [5.74, 6) is -0.697. The van der Waals surface area contributed by atoms with Gasteiger partial charge in [0.2, 0.25) is 5.69 Å². The predicted octanol–water partition coefficient (Wildman–Crippen LogP) is 2.47. The minimum atomic E-state index is -4.81. The van der Waals surface area contributed by atoms with Gasteiger partial charge in [-0.25, -0.2) is 9.48 Å². The molecular formula is C13H12F3N3O3. The van der Waals surface area contributed by atoms with E-state index in [-0.39, 0.29) is 12.3 Å². The van der Waals surface area contributed by atoms with Crippen LogP contribution >= 0.6 is 0 Å². The second kappa shape index (κ2) is 6.04. The highest BCUT2D eigenvalue weighted by molar-refractivity contribution is 5.88. The molecule has 1 heterocycles. The zero-order valence-electron chi connectivity index (χ0n) is 11.7. The van der Waals surface area contributed by atoms with E-state index in [2.05, 4.69) is 15.0 Å². The van der Waals surface area contributed by atoms with Crippen molar-refractivity contribution in [2.75, 3.05) is 13.7 Å². The monoisotopic (exact) mass is 315 g/mol. The van der Waals surface area contributed by atoms with Gasteiger partial charge in [0, 0.05) is 0 Å². The molecule has 0 atom stereocenters. The second-order valence-corrected chi connectivity index (χ2v) is 4.11. The van der Waals surface area contributed by atoms with E-state index in [1.165, 1.54) is 38.3 Å². The average molecular weight is 315 g/mol.